The molecule has 0 aliphatic heterocycles. The van der Waals surface area contributed by atoms with Gasteiger partial charge >= 0.3 is 0 Å². The number of hydrogen-bond donors (Lipinski definition) is 1. The van der Waals surface area contributed by atoms with E-state index in [9.17, 15) is 8.42 Å². The second kappa shape index (κ2) is 5.28. The molecule has 102 valence electrons. The molecular weight excluding hydrogens is 268 g/mol. The Labute approximate surface area is 113 Å². The van der Waals surface area contributed by atoms with E-state index in [4.69, 9.17) is 5.73 Å². The summed E-state index contributed by atoms with van der Waals surface area (Å²) in [4.78, 5) is 2.19. The molecule has 1 fully saturated rings. The molecule has 0 spiro atoms. The number of nitrogens with zero attached hydrogens (tertiary/aromatic N) is 1. The zero-order valence-corrected chi connectivity index (χ0v) is 12.5. The first-order valence-corrected chi connectivity index (χ1v) is 8.50. The van der Waals surface area contributed by atoms with Gasteiger partial charge in [0.15, 0.2) is 0 Å². The number of aryl methyl sites for hydroxylation is 1. The summed E-state index contributed by atoms with van der Waals surface area (Å²) in [5.74, 6) is 0. The summed E-state index contributed by atoms with van der Waals surface area (Å²) in [6, 6.07) is 1.89. The molecule has 0 bridgehead atoms. The van der Waals surface area contributed by atoms with Crippen LogP contribution in [-0.2, 0) is 16.6 Å². The molecule has 2 rings (SSSR count). The van der Waals surface area contributed by atoms with Crippen molar-refractivity contribution in [2.75, 3.05) is 7.05 Å². The number of hydrogen-bond acceptors (Lipinski definition) is 4. The SMILES string of the molecule is Cc1sc(CN)cc1S(=O)(=O)N(C)C1CCCC1. The van der Waals surface area contributed by atoms with Crippen LogP contribution in [0.5, 0.6) is 0 Å². The Morgan fingerprint density at radius 3 is 2.56 bits per heavy atom. The molecule has 0 radical (unpaired) electrons. The largest absolute Gasteiger partial charge is 0.326 e. The van der Waals surface area contributed by atoms with Crippen LogP contribution < -0.4 is 5.73 Å². The van der Waals surface area contributed by atoms with Crippen LogP contribution in [0.1, 0.15) is 35.4 Å². The summed E-state index contributed by atoms with van der Waals surface area (Å²) in [5, 5.41) is 0. The maximum atomic E-state index is 12.6. The van der Waals surface area contributed by atoms with Crippen molar-refractivity contribution in [1.29, 1.82) is 0 Å². The fraction of sp³-hybridized carbons (Fsp3) is 0.667. The van der Waals surface area contributed by atoms with Crippen LogP contribution in [0.4, 0.5) is 0 Å². The highest BCUT2D eigenvalue weighted by atomic mass is 32.2. The van der Waals surface area contributed by atoms with Gasteiger partial charge in [-0.15, -0.1) is 11.3 Å². The van der Waals surface area contributed by atoms with Crippen LogP contribution in [0.2, 0.25) is 0 Å². The topological polar surface area (TPSA) is 63.4 Å². The van der Waals surface area contributed by atoms with Crippen LogP contribution in [0.3, 0.4) is 0 Å². The van der Waals surface area contributed by atoms with Crippen LogP contribution in [-0.4, -0.2) is 25.8 Å². The summed E-state index contributed by atoms with van der Waals surface area (Å²) in [6.07, 6.45) is 4.20. The van der Waals surface area contributed by atoms with Gasteiger partial charge in [-0.25, -0.2) is 8.42 Å². The Kier molecular flexibility index (Phi) is 4.11. The van der Waals surface area contributed by atoms with E-state index in [2.05, 4.69) is 0 Å². The predicted molar refractivity (Wildman–Crippen MR) is 74.2 cm³/mol. The third kappa shape index (κ3) is 2.47. The molecule has 0 aromatic carbocycles. The zero-order valence-electron chi connectivity index (χ0n) is 10.8. The van der Waals surface area contributed by atoms with E-state index in [1.807, 2.05) is 6.92 Å². The Balaban J connectivity index is 2.31. The average molecular weight is 288 g/mol. The maximum absolute atomic E-state index is 12.6. The number of thiophene rings is 1. The highest BCUT2D eigenvalue weighted by Crippen LogP contribution is 2.31. The minimum Gasteiger partial charge on any atom is -0.326 e. The lowest BCUT2D eigenvalue weighted by Crippen LogP contribution is -2.35. The number of rotatable bonds is 4. The second-order valence-electron chi connectivity index (χ2n) is 4.80. The first kappa shape index (κ1) is 14.0. The molecule has 2 N–H and O–H groups in total. The summed E-state index contributed by atoms with van der Waals surface area (Å²) < 4.78 is 26.7. The Morgan fingerprint density at radius 1 is 1.44 bits per heavy atom. The van der Waals surface area contributed by atoms with Gasteiger partial charge in [-0.05, 0) is 25.8 Å². The Bertz CT molecular complexity index is 516. The van der Waals surface area contributed by atoms with Gasteiger partial charge in [0.2, 0.25) is 10.0 Å². The van der Waals surface area contributed by atoms with Gasteiger partial charge in [0, 0.05) is 29.4 Å². The first-order valence-electron chi connectivity index (χ1n) is 6.24. The molecule has 1 aliphatic rings. The third-order valence-electron chi connectivity index (χ3n) is 3.62. The molecule has 1 aliphatic carbocycles. The molecule has 0 amide bonds. The van der Waals surface area contributed by atoms with Crippen molar-refractivity contribution in [3.05, 3.63) is 15.8 Å². The maximum Gasteiger partial charge on any atom is 0.244 e. The molecule has 1 saturated carbocycles. The quantitative estimate of drug-likeness (QED) is 0.922. The molecule has 1 heterocycles. The fourth-order valence-corrected chi connectivity index (χ4v) is 5.40. The van der Waals surface area contributed by atoms with Crippen LogP contribution in [0.25, 0.3) is 0 Å². The zero-order chi connectivity index (χ0) is 13.3. The molecular formula is C12H20N2O2S2. The molecule has 1 aromatic rings. The summed E-state index contributed by atoms with van der Waals surface area (Å²) >= 11 is 1.47. The molecule has 0 atom stereocenters. The number of nitrogens with two attached hydrogens (primary N) is 1. The van der Waals surface area contributed by atoms with Gasteiger partial charge in [0.25, 0.3) is 0 Å². The van der Waals surface area contributed by atoms with E-state index in [0.717, 1.165) is 35.4 Å². The standard InChI is InChI=1S/C12H20N2O2S2/c1-9-12(7-11(8-13)17-9)18(15,16)14(2)10-5-3-4-6-10/h7,10H,3-6,8,13H2,1-2H3. The van der Waals surface area contributed by atoms with E-state index in [-0.39, 0.29) is 6.04 Å². The van der Waals surface area contributed by atoms with Gasteiger partial charge in [-0.1, -0.05) is 12.8 Å². The highest BCUT2D eigenvalue weighted by molar-refractivity contribution is 7.89. The van der Waals surface area contributed by atoms with Gasteiger partial charge in [-0.2, -0.15) is 4.31 Å². The van der Waals surface area contributed by atoms with Gasteiger partial charge in [0.05, 0.1) is 4.90 Å². The average Bonchev–Trinajstić information content (AvgIpc) is 2.96. The van der Waals surface area contributed by atoms with E-state index < -0.39 is 10.0 Å². The number of sulfonamides is 1. The normalized spacial score (nSPS) is 17.8. The first-order chi connectivity index (χ1) is 8.46. The van der Waals surface area contributed by atoms with E-state index >= 15 is 0 Å². The minimum absolute atomic E-state index is 0.163. The van der Waals surface area contributed by atoms with E-state index in [1.165, 1.54) is 11.3 Å². The van der Waals surface area contributed by atoms with Crippen molar-refractivity contribution in [3.63, 3.8) is 0 Å². The van der Waals surface area contributed by atoms with Crippen molar-refractivity contribution in [3.8, 4) is 0 Å². The Morgan fingerprint density at radius 2 is 2.06 bits per heavy atom. The molecule has 1 aromatic heterocycles. The summed E-state index contributed by atoms with van der Waals surface area (Å²) in [6.45, 7) is 2.24. The fourth-order valence-electron chi connectivity index (χ4n) is 2.50. The van der Waals surface area contributed by atoms with Gasteiger partial charge < -0.3 is 5.73 Å². The van der Waals surface area contributed by atoms with Crippen molar-refractivity contribution >= 4 is 21.4 Å². The van der Waals surface area contributed by atoms with Crippen molar-refractivity contribution in [2.24, 2.45) is 5.73 Å². The smallest absolute Gasteiger partial charge is 0.244 e. The van der Waals surface area contributed by atoms with Gasteiger partial charge in [0.1, 0.15) is 0 Å². The second-order valence-corrected chi connectivity index (χ2v) is 8.10. The molecule has 0 saturated heterocycles. The lowest BCUT2D eigenvalue weighted by Gasteiger charge is -2.23. The van der Waals surface area contributed by atoms with E-state index in [0.29, 0.717) is 11.4 Å². The lowest BCUT2D eigenvalue weighted by atomic mass is 10.3. The Hall–Kier alpha value is -0.430. The third-order valence-corrected chi connectivity index (χ3v) is 6.86. The summed E-state index contributed by atoms with van der Waals surface area (Å²) in [5.41, 5.74) is 5.58. The van der Waals surface area contributed by atoms with Crippen molar-refractivity contribution in [2.45, 2.75) is 50.1 Å². The monoisotopic (exact) mass is 288 g/mol. The van der Waals surface area contributed by atoms with Crippen molar-refractivity contribution in [1.82, 2.24) is 4.31 Å². The lowest BCUT2D eigenvalue weighted by molar-refractivity contribution is 0.373. The molecule has 0 unspecified atom stereocenters. The summed E-state index contributed by atoms with van der Waals surface area (Å²) in [7, 11) is -1.66. The molecule has 18 heavy (non-hydrogen) atoms. The van der Waals surface area contributed by atoms with Crippen LogP contribution in [0, 0.1) is 6.92 Å². The van der Waals surface area contributed by atoms with E-state index in [1.54, 1.807) is 17.4 Å². The van der Waals surface area contributed by atoms with Crippen LogP contribution >= 0.6 is 11.3 Å². The molecule has 6 heteroatoms. The highest BCUT2D eigenvalue weighted by Gasteiger charge is 2.31. The minimum atomic E-state index is -3.35. The molecule has 4 nitrogen and oxygen atoms in total. The van der Waals surface area contributed by atoms with Gasteiger partial charge in [-0.3, -0.25) is 0 Å². The van der Waals surface area contributed by atoms with Crippen molar-refractivity contribution < 1.29 is 8.42 Å². The van der Waals surface area contributed by atoms with Crippen LogP contribution in [0.15, 0.2) is 11.0 Å². The predicted octanol–water partition coefficient (Wildman–Crippen LogP) is 2.08.